The van der Waals surface area contributed by atoms with Gasteiger partial charge in [-0.15, -0.1) is 11.3 Å². The van der Waals surface area contributed by atoms with Gasteiger partial charge in [-0.25, -0.2) is 0 Å². The summed E-state index contributed by atoms with van der Waals surface area (Å²) in [6.07, 6.45) is 5.40. The van der Waals surface area contributed by atoms with Gasteiger partial charge in [-0.3, -0.25) is 0 Å². The van der Waals surface area contributed by atoms with Crippen LogP contribution in [-0.2, 0) is 4.74 Å². The van der Waals surface area contributed by atoms with E-state index in [9.17, 15) is 0 Å². The van der Waals surface area contributed by atoms with Gasteiger partial charge in [-0.2, -0.15) is 0 Å². The van der Waals surface area contributed by atoms with E-state index < -0.39 is 0 Å². The molecule has 0 radical (unpaired) electrons. The zero-order chi connectivity index (χ0) is 13.1. The van der Waals surface area contributed by atoms with Crippen LogP contribution in [0.1, 0.15) is 50.5 Å². The first-order valence-corrected chi connectivity index (χ1v) is 8.38. The summed E-state index contributed by atoms with van der Waals surface area (Å²) in [6.45, 7) is 4.35. The molecule has 102 valence electrons. The van der Waals surface area contributed by atoms with Gasteiger partial charge in [0.2, 0.25) is 0 Å². The number of hydrogen-bond donors (Lipinski definition) is 1. The van der Waals surface area contributed by atoms with Crippen molar-refractivity contribution in [3.05, 3.63) is 20.8 Å². The molecular weight excluding hydrogens is 310 g/mol. The van der Waals surface area contributed by atoms with E-state index >= 15 is 0 Å². The predicted molar refractivity (Wildman–Crippen MR) is 80.9 cm³/mol. The Labute approximate surface area is 122 Å². The van der Waals surface area contributed by atoms with E-state index in [0.717, 1.165) is 10.4 Å². The topological polar surface area (TPSA) is 35.2 Å². The van der Waals surface area contributed by atoms with Gasteiger partial charge in [-0.1, -0.05) is 19.8 Å². The highest BCUT2D eigenvalue weighted by atomic mass is 79.9. The van der Waals surface area contributed by atoms with E-state index in [1.54, 1.807) is 11.3 Å². The van der Waals surface area contributed by atoms with Crippen LogP contribution in [0.2, 0.25) is 0 Å². The molecule has 1 saturated carbocycles. The standard InChI is InChI=1S/C14H22BrNOS/c1-9-4-3-5-12(6-9)17-14(10(2)16)13-7-11(15)8-18-13/h7-10,12,14H,3-6,16H2,1-2H3. The maximum absolute atomic E-state index is 6.29. The lowest BCUT2D eigenvalue weighted by atomic mass is 9.88. The molecule has 0 saturated heterocycles. The lowest BCUT2D eigenvalue weighted by Gasteiger charge is -2.31. The second kappa shape index (κ2) is 6.51. The van der Waals surface area contributed by atoms with E-state index in [2.05, 4.69) is 34.3 Å². The Kier molecular flexibility index (Phi) is 5.24. The number of ether oxygens (including phenoxy) is 1. The van der Waals surface area contributed by atoms with Crippen molar-refractivity contribution in [1.29, 1.82) is 0 Å². The van der Waals surface area contributed by atoms with Crippen LogP contribution >= 0.6 is 27.3 Å². The molecule has 0 aromatic carbocycles. The molecule has 0 spiro atoms. The zero-order valence-electron chi connectivity index (χ0n) is 11.1. The molecule has 1 aliphatic carbocycles. The fourth-order valence-electron chi connectivity index (χ4n) is 2.64. The third kappa shape index (κ3) is 3.80. The Bertz CT molecular complexity index is 380. The van der Waals surface area contributed by atoms with E-state index in [1.807, 2.05) is 6.92 Å². The minimum atomic E-state index is 0.0350. The van der Waals surface area contributed by atoms with Gasteiger partial charge < -0.3 is 10.5 Å². The van der Waals surface area contributed by atoms with Gasteiger partial charge >= 0.3 is 0 Å². The molecule has 1 heterocycles. The van der Waals surface area contributed by atoms with Crippen molar-refractivity contribution in [1.82, 2.24) is 0 Å². The molecule has 2 N–H and O–H groups in total. The molecule has 0 amide bonds. The van der Waals surface area contributed by atoms with Gasteiger partial charge in [-0.05, 0) is 47.7 Å². The minimum absolute atomic E-state index is 0.0350. The molecule has 4 unspecified atom stereocenters. The highest BCUT2D eigenvalue weighted by Gasteiger charge is 2.26. The van der Waals surface area contributed by atoms with Gasteiger partial charge in [0.25, 0.3) is 0 Å². The number of thiophene rings is 1. The largest absolute Gasteiger partial charge is 0.368 e. The number of nitrogens with two attached hydrogens (primary N) is 1. The van der Waals surface area contributed by atoms with Gasteiger partial charge in [0.05, 0.1) is 6.10 Å². The average molecular weight is 332 g/mol. The van der Waals surface area contributed by atoms with Crippen LogP contribution in [0, 0.1) is 5.92 Å². The third-order valence-corrected chi connectivity index (χ3v) is 5.33. The smallest absolute Gasteiger partial charge is 0.107 e. The average Bonchev–Trinajstić information content (AvgIpc) is 2.72. The molecule has 0 bridgehead atoms. The fraction of sp³-hybridized carbons (Fsp3) is 0.714. The van der Waals surface area contributed by atoms with Crippen LogP contribution in [0.5, 0.6) is 0 Å². The summed E-state index contributed by atoms with van der Waals surface area (Å²) >= 11 is 5.22. The van der Waals surface area contributed by atoms with Crippen LogP contribution in [0.25, 0.3) is 0 Å². The van der Waals surface area contributed by atoms with Gasteiger partial charge in [0.15, 0.2) is 0 Å². The van der Waals surface area contributed by atoms with Crippen LogP contribution in [0.15, 0.2) is 15.9 Å². The van der Waals surface area contributed by atoms with Crippen molar-refractivity contribution < 1.29 is 4.74 Å². The Hall–Kier alpha value is 0.1000. The normalized spacial score (nSPS) is 28.0. The summed E-state index contributed by atoms with van der Waals surface area (Å²) in [6, 6.07) is 2.16. The zero-order valence-corrected chi connectivity index (χ0v) is 13.5. The molecule has 4 atom stereocenters. The third-order valence-electron chi connectivity index (χ3n) is 3.57. The number of rotatable bonds is 4. The van der Waals surface area contributed by atoms with E-state index in [4.69, 9.17) is 10.5 Å². The summed E-state index contributed by atoms with van der Waals surface area (Å²) < 4.78 is 7.41. The lowest BCUT2D eigenvalue weighted by molar-refractivity contribution is -0.0474. The predicted octanol–water partition coefficient (Wildman–Crippen LogP) is 4.49. The maximum Gasteiger partial charge on any atom is 0.107 e. The Balaban J connectivity index is 2.02. The summed E-state index contributed by atoms with van der Waals surface area (Å²) in [4.78, 5) is 1.23. The summed E-state index contributed by atoms with van der Waals surface area (Å²) in [5.41, 5.74) is 6.10. The quantitative estimate of drug-likeness (QED) is 0.881. The van der Waals surface area contributed by atoms with Crippen molar-refractivity contribution in [2.45, 2.75) is 57.8 Å². The van der Waals surface area contributed by atoms with Gasteiger partial charge in [0.1, 0.15) is 6.10 Å². The highest BCUT2D eigenvalue weighted by Crippen LogP contribution is 2.34. The van der Waals surface area contributed by atoms with Crippen molar-refractivity contribution >= 4 is 27.3 Å². The monoisotopic (exact) mass is 331 g/mol. The Morgan fingerprint density at radius 1 is 1.50 bits per heavy atom. The second-order valence-corrected chi connectivity index (χ2v) is 7.34. The van der Waals surface area contributed by atoms with Crippen LogP contribution < -0.4 is 5.73 Å². The highest BCUT2D eigenvalue weighted by molar-refractivity contribution is 9.10. The first-order chi connectivity index (χ1) is 8.56. The molecule has 1 fully saturated rings. The van der Waals surface area contributed by atoms with E-state index in [-0.39, 0.29) is 12.1 Å². The van der Waals surface area contributed by atoms with Crippen molar-refractivity contribution in [2.24, 2.45) is 11.7 Å². The summed E-state index contributed by atoms with van der Waals surface area (Å²) in [7, 11) is 0. The van der Waals surface area contributed by atoms with E-state index in [0.29, 0.717) is 6.10 Å². The first-order valence-electron chi connectivity index (χ1n) is 6.71. The molecule has 1 aliphatic rings. The van der Waals surface area contributed by atoms with Crippen molar-refractivity contribution in [3.8, 4) is 0 Å². The van der Waals surface area contributed by atoms with Crippen LogP contribution in [-0.4, -0.2) is 12.1 Å². The van der Waals surface area contributed by atoms with E-state index in [1.165, 1.54) is 30.6 Å². The SMILES string of the molecule is CC1CCCC(OC(c2cc(Br)cs2)C(C)N)C1. The maximum atomic E-state index is 6.29. The molecule has 2 nitrogen and oxygen atoms in total. The Morgan fingerprint density at radius 2 is 2.28 bits per heavy atom. The molecule has 18 heavy (non-hydrogen) atoms. The van der Waals surface area contributed by atoms with Crippen LogP contribution in [0.4, 0.5) is 0 Å². The number of halogens is 1. The van der Waals surface area contributed by atoms with Crippen molar-refractivity contribution in [3.63, 3.8) is 0 Å². The second-order valence-electron chi connectivity index (χ2n) is 5.48. The van der Waals surface area contributed by atoms with Crippen LogP contribution in [0.3, 0.4) is 0 Å². The Morgan fingerprint density at radius 3 is 2.83 bits per heavy atom. The fourth-order valence-corrected chi connectivity index (χ4v) is 4.23. The molecule has 1 aromatic heterocycles. The minimum Gasteiger partial charge on any atom is -0.368 e. The van der Waals surface area contributed by atoms with Gasteiger partial charge in [0, 0.05) is 20.8 Å². The number of hydrogen-bond acceptors (Lipinski definition) is 3. The first kappa shape index (κ1) is 14.5. The molecular formula is C14H22BrNOS. The molecule has 4 heteroatoms. The molecule has 0 aliphatic heterocycles. The summed E-state index contributed by atoms with van der Waals surface area (Å²) in [5.74, 6) is 0.785. The molecule has 1 aromatic rings. The summed E-state index contributed by atoms with van der Waals surface area (Å²) in [5, 5.41) is 2.09. The molecule has 2 rings (SSSR count). The van der Waals surface area contributed by atoms with Crippen molar-refractivity contribution in [2.75, 3.05) is 0 Å². The lowest BCUT2D eigenvalue weighted by Crippen LogP contribution is -2.32.